The Labute approximate surface area is 137 Å². The molecule has 0 radical (unpaired) electrons. The van der Waals surface area contributed by atoms with Crippen molar-refractivity contribution in [2.24, 2.45) is 5.92 Å². The molecule has 2 aliphatic heterocycles. The fourth-order valence-corrected chi connectivity index (χ4v) is 1.82. The van der Waals surface area contributed by atoms with Crippen molar-refractivity contribution in [3.05, 3.63) is 36.2 Å². The van der Waals surface area contributed by atoms with Gasteiger partial charge in [0.1, 0.15) is 0 Å². The monoisotopic (exact) mass is 310 g/mol. The van der Waals surface area contributed by atoms with E-state index >= 15 is 0 Å². The molecule has 2 heterocycles. The number of aliphatic carboxylic acids is 1. The second-order valence-corrected chi connectivity index (χ2v) is 6.03. The average Bonchev–Trinajstić information content (AvgIpc) is 3.12. The molecule has 2 unspecified atom stereocenters. The lowest BCUT2D eigenvalue weighted by atomic mass is 10.1. The van der Waals surface area contributed by atoms with Crippen LogP contribution < -0.4 is 5.32 Å². The van der Waals surface area contributed by atoms with Gasteiger partial charge < -0.3 is 15.3 Å². The molecule has 0 aromatic heterocycles. The minimum atomic E-state index is -0.829. The van der Waals surface area contributed by atoms with Crippen molar-refractivity contribution >= 4 is 5.97 Å². The minimum Gasteiger partial charge on any atom is -0.478 e. The van der Waals surface area contributed by atoms with Crippen LogP contribution in [0.2, 0.25) is 0 Å². The fraction of sp³-hybridized carbons (Fsp3) is 0.611. The topological polar surface area (TPSA) is 52.6 Å². The van der Waals surface area contributed by atoms with Crippen molar-refractivity contribution in [1.29, 1.82) is 0 Å². The lowest BCUT2D eigenvalue weighted by Crippen LogP contribution is -2.19. The third-order valence-electron chi connectivity index (χ3n) is 4.02. The molecule has 4 nitrogen and oxygen atoms in total. The van der Waals surface area contributed by atoms with E-state index < -0.39 is 5.97 Å². The Balaban J connectivity index is 0. The molecule has 0 aromatic rings. The smallest absolute Gasteiger partial charge is 0.331 e. The molecule has 0 aromatic carbocycles. The van der Waals surface area contributed by atoms with Gasteiger partial charge in [-0.25, -0.2) is 4.79 Å². The number of allylic oxidation sites excluding steroid dienone is 1. The predicted molar refractivity (Wildman–Crippen MR) is 95.7 cm³/mol. The summed E-state index contributed by atoms with van der Waals surface area (Å²) in [5.74, 6) is -0.106. The summed E-state index contributed by atoms with van der Waals surface area (Å²) < 4.78 is 0. The standard InChI is InChI=1S/2C6H11N.C6H10O2.H2/c1-5-3-4-7-6(5)2;1-2-7-5-3-4-6-7;1-4(2)5(3)6(7)8;/h3-7H,1-2H3;2H,1,3-6H2;1-3H3,(H,7,8);1H. The molecule has 0 aliphatic carbocycles. The maximum atomic E-state index is 10.1. The van der Waals surface area contributed by atoms with Crippen molar-refractivity contribution in [3.63, 3.8) is 0 Å². The number of hydrogen-bond donors (Lipinski definition) is 2. The van der Waals surface area contributed by atoms with E-state index in [2.05, 4.69) is 36.7 Å². The fourth-order valence-electron chi connectivity index (χ4n) is 1.82. The first-order chi connectivity index (χ1) is 10.3. The summed E-state index contributed by atoms with van der Waals surface area (Å²) in [4.78, 5) is 12.3. The molecule has 0 amide bonds. The zero-order chi connectivity index (χ0) is 17.1. The van der Waals surface area contributed by atoms with Crippen LogP contribution in [-0.2, 0) is 4.79 Å². The summed E-state index contributed by atoms with van der Waals surface area (Å²) >= 11 is 0. The van der Waals surface area contributed by atoms with Gasteiger partial charge in [0, 0.05) is 26.1 Å². The molecule has 22 heavy (non-hydrogen) atoms. The number of carboxylic acids is 1. The number of rotatable bonds is 2. The Hall–Kier alpha value is -1.71. The summed E-state index contributed by atoms with van der Waals surface area (Å²) in [6, 6.07) is 0.653. The Morgan fingerprint density at radius 1 is 1.32 bits per heavy atom. The largest absolute Gasteiger partial charge is 0.478 e. The third kappa shape index (κ3) is 8.55. The van der Waals surface area contributed by atoms with Crippen LogP contribution in [0.5, 0.6) is 0 Å². The Bertz CT molecular complexity index is 409. The number of nitrogens with zero attached hydrogens (tertiary/aromatic N) is 1. The van der Waals surface area contributed by atoms with E-state index in [0.29, 0.717) is 11.6 Å². The van der Waals surface area contributed by atoms with Crippen LogP contribution >= 0.6 is 0 Å². The molecule has 2 N–H and O–H groups in total. The van der Waals surface area contributed by atoms with Crippen molar-refractivity contribution in [2.75, 3.05) is 13.1 Å². The van der Waals surface area contributed by atoms with E-state index in [1.807, 2.05) is 12.4 Å². The number of hydrogen-bond acceptors (Lipinski definition) is 3. The van der Waals surface area contributed by atoms with E-state index in [0.717, 1.165) is 11.5 Å². The lowest BCUT2D eigenvalue weighted by molar-refractivity contribution is -0.132. The van der Waals surface area contributed by atoms with Crippen LogP contribution in [0.1, 0.15) is 48.9 Å². The molecule has 0 bridgehead atoms. The van der Waals surface area contributed by atoms with E-state index in [-0.39, 0.29) is 1.43 Å². The van der Waals surface area contributed by atoms with Gasteiger partial charge in [0.2, 0.25) is 0 Å². The van der Waals surface area contributed by atoms with Gasteiger partial charge in [-0.1, -0.05) is 25.2 Å². The predicted octanol–water partition coefficient (Wildman–Crippen LogP) is 4.03. The van der Waals surface area contributed by atoms with Crippen LogP contribution in [0, 0.1) is 5.92 Å². The maximum Gasteiger partial charge on any atom is 0.331 e. The van der Waals surface area contributed by atoms with E-state index in [9.17, 15) is 4.79 Å². The molecule has 128 valence electrons. The molecule has 1 fully saturated rings. The number of carboxylic acid groups (broad SMARTS) is 1. The maximum absolute atomic E-state index is 10.1. The Morgan fingerprint density at radius 3 is 2.00 bits per heavy atom. The van der Waals surface area contributed by atoms with Gasteiger partial charge in [-0.15, -0.1) is 0 Å². The van der Waals surface area contributed by atoms with Gasteiger partial charge in [-0.2, -0.15) is 0 Å². The van der Waals surface area contributed by atoms with E-state index in [4.69, 9.17) is 5.11 Å². The highest BCUT2D eigenvalue weighted by Crippen LogP contribution is 2.08. The third-order valence-corrected chi connectivity index (χ3v) is 4.02. The number of nitrogens with one attached hydrogen (secondary N) is 1. The highest BCUT2D eigenvalue weighted by Gasteiger charge is 2.10. The van der Waals surface area contributed by atoms with E-state index in [1.54, 1.807) is 20.8 Å². The van der Waals surface area contributed by atoms with Crippen LogP contribution in [0.3, 0.4) is 0 Å². The van der Waals surface area contributed by atoms with Gasteiger partial charge in [0.15, 0.2) is 0 Å². The Kier molecular flexibility index (Phi) is 10.1. The molecule has 2 aliphatic rings. The van der Waals surface area contributed by atoms with Crippen LogP contribution in [0.25, 0.3) is 0 Å². The lowest BCUT2D eigenvalue weighted by Gasteiger charge is -2.07. The first-order valence-corrected chi connectivity index (χ1v) is 7.96. The summed E-state index contributed by atoms with van der Waals surface area (Å²) in [7, 11) is 0. The zero-order valence-corrected chi connectivity index (χ0v) is 14.7. The minimum absolute atomic E-state index is 0. The molecular weight excluding hydrogens is 276 g/mol. The van der Waals surface area contributed by atoms with Crippen molar-refractivity contribution < 1.29 is 11.3 Å². The summed E-state index contributed by atoms with van der Waals surface area (Å²) in [5.41, 5.74) is 1.29. The van der Waals surface area contributed by atoms with Crippen molar-refractivity contribution in [1.82, 2.24) is 10.2 Å². The highest BCUT2D eigenvalue weighted by atomic mass is 16.4. The first-order valence-electron chi connectivity index (χ1n) is 7.96. The van der Waals surface area contributed by atoms with Crippen LogP contribution in [0.4, 0.5) is 0 Å². The van der Waals surface area contributed by atoms with Gasteiger partial charge in [0.25, 0.3) is 0 Å². The number of likely N-dealkylation sites (tertiary alicyclic amines) is 1. The molecule has 1 saturated heterocycles. The van der Waals surface area contributed by atoms with Crippen LogP contribution in [-0.4, -0.2) is 35.1 Å². The second-order valence-electron chi connectivity index (χ2n) is 6.03. The SMILES string of the molecule is C=CN1CCCC1.CC(C)=C(C)C(=O)O.CC1C=CNC1C.[HH]. The molecule has 0 saturated carbocycles. The van der Waals surface area contributed by atoms with Gasteiger partial charge in [0.05, 0.1) is 0 Å². The summed E-state index contributed by atoms with van der Waals surface area (Å²) in [5, 5.41) is 11.5. The molecule has 2 rings (SSSR count). The van der Waals surface area contributed by atoms with Gasteiger partial charge in [-0.3, -0.25) is 0 Å². The number of carbonyl (C=O) groups is 1. The molecular formula is C18H34N2O2. The van der Waals surface area contributed by atoms with Crippen LogP contribution in [0.15, 0.2) is 36.2 Å². The summed E-state index contributed by atoms with van der Waals surface area (Å²) in [6.07, 6.45) is 8.84. The molecule has 4 heteroatoms. The highest BCUT2D eigenvalue weighted by molar-refractivity contribution is 5.86. The van der Waals surface area contributed by atoms with Crippen molar-refractivity contribution in [2.45, 2.75) is 53.5 Å². The quantitative estimate of drug-likeness (QED) is 0.756. The Morgan fingerprint density at radius 2 is 1.86 bits per heavy atom. The molecule has 0 spiro atoms. The first kappa shape index (κ1) is 20.3. The normalized spacial score (nSPS) is 21.8. The average molecular weight is 310 g/mol. The van der Waals surface area contributed by atoms with Gasteiger partial charge >= 0.3 is 5.97 Å². The summed E-state index contributed by atoms with van der Waals surface area (Å²) in [6.45, 7) is 15.7. The molecule has 2 atom stereocenters. The van der Waals surface area contributed by atoms with Crippen molar-refractivity contribution in [3.8, 4) is 0 Å². The van der Waals surface area contributed by atoms with Gasteiger partial charge in [-0.05, 0) is 58.9 Å². The van der Waals surface area contributed by atoms with E-state index in [1.165, 1.54) is 25.9 Å². The zero-order valence-electron chi connectivity index (χ0n) is 14.7. The second kappa shape index (κ2) is 10.9.